The van der Waals surface area contributed by atoms with Crippen LogP contribution in [0.3, 0.4) is 0 Å². The number of anilines is 2. The van der Waals surface area contributed by atoms with Gasteiger partial charge in [-0.2, -0.15) is 0 Å². The first kappa shape index (κ1) is 32.4. The van der Waals surface area contributed by atoms with Gasteiger partial charge in [-0.1, -0.05) is 43.3 Å². The third-order valence-electron chi connectivity index (χ3n) is 10.7. The number of imide groups is 1. The number of morpholine rings is 1. The van der Waals surface area contributed by atoms with E-state index in [1.165, 1.54) is 4.90 Å². The van der Waals surface area contributed by atoms with E-state index >= 15 is 0 Å². The Labute approximate surface area is 282 Å². The van der Waals surface area contributed by atoms with Crippen molar-refractivity contribution in [3.05, 3.63) is 65.7 Å². The van der Waals surface area contributed by atoms with Gasteiger partial charge < -0.3 is 24.6 Å². The normalized spacial score (nSPS) is 24.3. The summed E-state index contributed by atoms with van der Waals surface area (Å²) in [6, 6.07) is 18.1. The number of carbonyl (C=O) groups is 3. The molecule has 1 N–H and O–H groups in total. The molecule has 4 aliphatic rings. The highest BCUT2D eigenvalue weighted by Gasteiger charge is 2.70. The second-order valence-electron chi connectivity index (χ2n) is 13.7. The molecular weight excluding hydrogens is 608 g/mol. The van der Waals surface area contributed by atoms with E-state index in [1.54, 1.807) is 7.11 Å². The first-order chi connectivity index (χ1) is 23.2. The molecule has 3 aromatic rings. The molecule has 3 aromatic carbocycles. The van der Waals surface area contributed by atoms with Crippen LogP contribution in [-0.2, 0) is 20.9 Å². The van der Waals surface area contributed by atoms with Crippen molar-refractivity contribution in [3.8, 4) is 5.75 Å². The van der Waals surface area contributed by atoms with Crippen LogP contribution in [0.4, 0.5) is 16.2 Å². The van der Waals surface area contributed by atoms with Crippen molar-refractivity contribution >= 4 is 40.0 Å². The number of rotatable bonds is 10. The smallest absolute Gasteiger partial charge is 0.328 e. The summed E-state index contributed by atoms with van der Waals surface area (Å²) in [4.78, 5) is 51.6. The van der Waals surface area contributed by atoms with Crippen molar-refractivity contribution in [2.24, 2.45) is 5.92 Å². The summed E-state index contributed by atoms with van der Waals surface area (Å²) >= 11 is 0. The van der Waals surface area contributed by atoms with Crippen LogP contribution in [0.15, 0.2) is 54.6 Å². The molecule has 0 bridgehead atoms. The Morgan fingerprint density at radius 1 is 1.02 bits per heavy atom. The molecule has 0 aromatic heterocycles. The zero-order valence-electron chi connectivity index (χ0n) is 28.4. The van der Waals surface area contributed by atoms with Crippen molar-refractivity contribution < 1.29 is 23.9 Å². The molecule has 3 atom stereocenters. The summed E-state index contributed by atoms with van der Waals surface area (Å²) in [7, 11) is 5.68. The number of benzene rings is 3. The minimum atomic E-state index is -0.931. The third kappa shape index (κ3) is 5.47. The van der Waals surface area contributed by atoms with E-state index in [2.05, 4.69) is 56.4 Å². The lowest BCUT2D eigenvalue weighted by molar-refractivity contribution is -0.133. The zero-order chi connectivity index (χ0) is 33.6. The molecule has 0 saturated carbocycles. The minimum Gasteiger partial charge on any atom is -0.495 e. The van der Waals surface area contributed by atoms with Gasteiger partial charge in [-0.3, -0.25) is 24.3 Å². The number of ether oxygens (including phenoxy) is 2. The predicted molar refractivity (Wildman–Crippen MR) is 185 cm³/mol. The Balaban J connectivity index is 1.22. The Bertz CT molecular complexity index is 1720. The molecule has 1 unspecified atom stereocenters. The average molecular weight is 655 g/mol. The van der Waals surface area contributed by atoms with Crippen LogP contribution in [0.2, 0.25) is 0 Å². The highest BCUT2D eigenvalue weighted by atomic mass is 16.5. The molecule has 0 aliphatic carbocycles. The third-order valence-corrected chi connectivity index (χ3v) is 10.7. The number of fused-ring (bicyclic) bond motifs is 1. The van der Waals surface area contributed by atoms with Crippen LogP contribution in [0, 0.1) is 5.92 Å². The molecule has 11 heteroatoms. The van der Waals surface area contributed by atoms with E-state index in [4.69, 9.17) is 9.47 Å². The molecule has 0 radical (unpaired) electrons. The summed E-state index contributed by atoms with van der Waals surface area (Å²) in [6.45, 7) is 7.51. The lowest BCUT2D eigenvalue weighted by Crippen LogP contribution is -2.51. The number of likely N-dealkylation sites (tertiary alicyclic amines) is 1. The Kier molecular flexibility index (Phi) is 8.78. The maximum absolute atomic E-state index is 14.7. The summed E-state index contributed by atoms with van der Waals surface area (Å²) in [5.74, 6) is 0.430. The molecule has 4 heterocycles. The fraction of sp³-hybridized carbons (Fsp3) is 0.486. The van der Waals surface area contributed by atoms with E-state index in [1.807, 2.05) is 44.1 Å². The first-order valence-corrected chi connectivity index (χ1v) is 17.1. The van der Waals surface area contributed by atoms with E-state index < -0.39 is 5.54 Å². The maximum atomic E-state index is 14.7. The number of amides is 4. The molecule has 4 fully saturated rings. The van der Waals surface area contributed by atoms with Gasteiger partial charge in [0.2, 0.25) is 5.91 Å². The van der Waals surface area contributed by atoms with Gasteiger partial charge in [0.1, 0.15) is 11.3 Å². The second-order valence-corrected chi connectivity index (χ2v) is 13.7. The first-order valence-electron chi connectivity index (χ1n) is 17.1. The summed E-state index contributed by atoms with van der Waals surface area (Å²) < 4.78 is 11.0. The SMILES string of the molecule is CCC(=O)Nc1cc(CN2C[C@H]3C[C@@H](c4ccc(N(C)C)c5ccccc45)N4C(=O)N(CCN5CCOCC5)C(=O)C34C2)ccc1OC. The van der Waals surface area contributed by atoms with Gasteiger partial charge in [-0.05, 0) is 41.1 Å². The van der Waals surface area contributed by atoms with Crippen LogP contribution in [0.1, 0.15) is 36.9 Å². The Morgan fingerprint density at radius 3 is 2.52 bits per heavy atom. The molecule has 4 aliphatic heterocycles. The van der Waals surface area contributed by atoms with Gasteiger partial charge in [0.25, 0.3) is 5.91 Å². The van der Waals surface area contributed by atoms with Crippen molar-refractivity contribution in [1.29, 1.82) is 0 Å². The molecule has 48 heavy (non-hydrogen) atoms. The number of nitrogens with zero attached hydrogens (tertiary/aromatic N) is 5. The Hall–Kier alpha value is -4.19. The van der Waals surface area contributed by atoms with E-state index in [0.717, 1.165) is 47.1 Å². The van der Waals surface area contributed by atoms with Gasteiger partial charge in [-0.15, -0.1) is 0 Å². The molecule has 1 spiro atoms. The predicted octanol–water partition coefficient (Wildman–Crippen LogP) is 4.17. The van der Waals surface area contributed by atoms with Gasteiger partial charge in [0.05, 0.1) is 32.1 Å². The van der Waals surface area contributed by atoms with Gasteiger partial charge in [0, 0.05) is 83.3 Å². The number of nitrogens with one attached hydrogen (secondary N) is 1. The van der Waals surface area contributed by atoms with E-state index in [-0.39, 0.29) is 29.8 Å². The highest BCUT2D eigenvalue weighted by Crippen LogP contribution is 2.56. The number of urea groups is 1. The van der Waals surface area contributed by atoms with Crippen molar-refractivity contribution in [2.45, 2.75) is 37.9 Å². The molecule has 11 nitrogen and oxygen atoms in total. The quantitative estimate of drug-likeness (QED) is 0.326. The minimum absolute atomic E-state index is 0.0165. The highest BCUT2D eigenvalue weighted by molar-refractivity contribution is 6.09. The monoisotopic (exact) mass is 654 g/mol. The van der Waals surface area contributed by atoms with Crippen LogP contribution in [0.25, 0.3) is 10.8 Å². The fourth-order valence-electron chi connectivity index (χ4n) is 8.38. The molecule has 4 saturated heterocycles. The molecule has 254 valence electrons. The summed E-state index contributed by atoms with van der Waals surface area (Å²) in [5.41, 5.74) is 2.93. The molecule has 4 amide bonds. The molecule has 7 rings (SSSR count). The van der Waals surface area contributed by atoms with E-state index in [0.29, 0.717) is 63.8 Å². The topological polar surface area (TPSA) is 97.9 Å². The summed E-state index contributed by atoms with van der Waals surface area (Å²) in [6.07, 6.45) is 1.09. The average Bonchev–Trinajstić information content (AvgIpc) is 3.67. The number of hydrogen-bond acceptors (Lipinski definition) is 8. The zero-order valence-corrected chi connectivity index (χ0v) is 28.4. The second kappa shape index (κ2) is 13.0. The van der Waals surface area contributed by atoms with Gasteiger partial charge >= 0.3 is 6.03 Å². The van der Waals surface area contributed by atoms with Gasteiger partial charge in [0.15, 0.2) is 0 Å². The Morgan fingerprint density at radius 2 is 1.79 bits per heavy atom. The molecular formula is C37H46N6O5. The van der Waals surface area contributed by atoms with Crippen molar-refractivity contribution in [1.82, 2.24) is 19.6 Å². The maximum Gasteiger partial charge on any atom is 0.328 e. The lowest BCUT2D eigenvalue weighted by Gasteiger charge is -2.33. The van der Waals surface area contributed by atoms with Crippen LogP contribution < -0.4 is 15.0 Å². The van der Waals surface area contributed by atoms with Crippen molar-refractivity contribution in [3.63, 3.8) is 0 Å². The van der Waals surface area contributed by atoms with Crippen LogP contribution in [0.5, 0.6) is 5.75 Å². The fourth-order valence-corrected chi connectivity index (χ4v) is 8.38. The van der Waals surface area contributed by atoms with Crippen molar-refractivity contribution in [2.75, 3.05) is 83.9 Å². The standard InChI is InChI=1S/C37H46N6O5/c1-5-34(44)38-30-20-25(10-13-33(30)47-4)22-41-23-26-21-32(29-11-12-31(39(2)3)28-9-7-6-8-27(28)29)43-36(46)42(35(45)37(26,43)24-41)15-14-40-16-18-48-19-17-40/h6-13,20,26,32H,5,14-19,21-24H2,1-4H3,(H,38,44)/t26-,32+,37?/m1/s1. The lowest BCUT2D eigenvalue weighted by atomic mass is 9.87. The van der Waals surface area contributed by atoms with Gasteiger partial charge in [-0.25, -0.2) is 4.79 Å². The van der Waals surface area contributed by atoms with Crippen LogP contribution >= 0.6 is 0 Å². The summed E-state index contributed by atoms with van der Waals surface area (Å²) in [5, 5.41) is 5.21. The number of hydrogen-bond donors (Lipinski definition) is 1. The largest absolute Gasteiger partial charge is 0.495 e. The number of carbonyl (C=O) groups excluding carboxylic acids is 3. The number of methoxy groups -OCH3 is 1. The van der Waals surface area contributed by atoms with Crippen LogP contribution in [-0.4, -0.2) is 117 Å². The van der Waals surface area contributed by atoms with E-state index in [9.17, 15) is 14.4 Å².